The number of aryl methyl sites for hydroxylation is 2. The molecule has 2 rings (SSSR count). The van der Waals surface area contributed by atoms with Crippen LogP contribution in [0.2, 0.25) is 0 Å². The third-order valence-corrected chi connectivity index (χ3v) is 3.78. The summed E-state index contributed by atoms with van der Waals surface area (Å²) in [4.78, 5) is 12.0. The van der Waals surface area contributed by atoms with E-state index >= 15 is 0 Å². The van der Waals surface area contributed by atoms with Gasteiger partial charge in [-0.05, 0) is 50.6 Å². The van der Waals surface area contributed by atoms with Crippen LogP contribution in [0, 0.1) is 13.8 Å². The molecule has 1 amide bonds. The highest BCUT2D eigenvalue weighted by atomic mass is 16.3. The molecule has 0 unspecified atom stereocenters. The molecule has 0 fully saturated rings. The van der Waals surface area contributed by atoms with Crippen molar-refractivity contribution in [2.24, 2.45) is 0 Å². The van der Waals surface area contributed by atoms with Gasteiger partial charge < -0.3 is 15.1 Å². The molecule has 0 saturated carbocycles. The molecule has 0 spiro atoms. The number of carbonyl (C=O) groups is 1. The van der Waals surface area contributed by atoms with Gasteiger partial charge in [0.2, 0.25) is 5.91 Å². The van der Waals surface area contributed by atoms with Crippen LogP contribution >= 0.6 is 0 Å². The molecule has 21 heavy (non-hydrogen) atoms. The molecule has 1 heterocycles. The summed E-state index contributed by atoms with van der Waals surface area (Å²) in [5.74, 6) is 0.0284. The summed E-state index contributed by atoms with van der Waals surface area (Å²) in [6.45, 7) is 9.79. The molecular weight excluding hydrogens is 264 g/mol. The van der Waals surface area contributed by atoms with Crippen LogP contribution in [-0.4, -0.2) is 25.0 Å². The minimum atomic E-state index is 0.0284. The maximum absolute atomic E-state index is 12.0. The Morgan fingerprint density at radius 1 is 1.29 bits per heavy atom. The minimum Gasteiger partial charge on any atom is -0.464 e. The van der Waals surface area contributed by atoms with Gasteiger partial charge in [0.1, 0.15) is 5.58 Å². The first-order chi connectivity index (χ1) is 10.0. The largest absolute Gasteiger partial charge is 0.464 e. The van der Waals surface area contributed by atoms with E-state index in [-0.39, 0.29) is 11.9 Å². The molecule has 0 aliphatic carbocycles. The molecule has 114 valence electrons. The lowest BCUT2D eigenvalue weighted by molar-refractivity contribution is -0.120. The first-order valence-electron chi connectivity index (χ1n) is 7.48. The lowest BCUT2D eigenvalue weighted by atomic mass is 10.0. The standard InChI is InChI=1S/C17H24N2O2/c1-5-18-13(4)9-19-17(20)8-14-10-21-16-7-12(3)11(2)6-15(14)16/h6-7,10,13,18H,5,8-9H2,1-4H3,(H,19,20)/t13-/m1/s1. The van der Waals surface area contributed by atoms with Gasteiger partial charge in [0.05, 0.1) is 12.7 Å². The lowest BCUT2D eigenvalue weighted by Crippen LogP contribution is -2.39. The summed E-state index contributed by atoms with van der Waals surface area (Å²) < 4.78 is 5.56. The fraction of sp³-hybridized carbons (Fsp3) is 0.471. The minimum absolute atomic E-state index is 0.0284. The van der Waals surface area contributed by atoms with Gasteiger partial charge in [-0.1, -0.05) is 6.92 Å². The van der Waals surface area contributed by atoms with E-state index in [1.165, 1.54) is 11.1 Å². The summed E-state index contributed by atoms with van der Waals surface area (Å²) in [5.41, 5.74) is 4.21. The van der Waals surface area contributed by atoms with Crippen molar-refractivity contribution in [3.8, 4) is 0 Å². The third kappa shape index (κ3) is 3.85. The number of benzene rings is 1. The van der Waals surface area contributed by atoms with Gasteiger partial charge in [-0.2, -0.15) is 0 Å². The average Bonchev–Trinajstić information content (AvgIpc) is 2.80. The van der Waals surface area contributed by atoms with Crippen molar-refractivity contribution in [1.82, 2.24) is 10.6 Å². The van der Waals surface area contributed by atoms with Crippen LogP contribution in [0.15, 0.2) is 22.8 Å². The number of rotatable bonds is 6. The number of furan rings is 1. The van der Waals surface area contributed by atoms with Crippen LogP contribution in [0.4, 0.5) is 0 Å². The Kier molecular flexibility index (Phi) is 5.02. The number of hydrogen-bond donors (Lipinski definition) is 2. The van der Waals surface area contributed by atoms with Gasteiger partial charge in [0, 0.05) is 23.5 Å². The first kappa shape index (κ1) is 15.6. The highest BCUT2D eigenvalue weighted by Gasteiger charge is 2.12. The quantitative estimate of drug-likeness (QED) is 0.859. The van der Waals surface area contributed by atoms with E-state index in [0.717, 1.165) is 23.1 Å². The summed E-state index contributed by atoms with van der Waals surface area (Å²) in [7, 11) is 0. The fourth-order valence-electron chi connectivity index (χ4n) is 2.40. The van der Waals surface area contributed by atoms with E-state index in [2.05, 4.69) is 44.4 Å². The Bertz CT molecular complexity index is 631. The van der Waals surface area contributed by atoms with Crippen LogP contribution < -0.4 is 10.6 Å². The number of nitrogens with one attached hydrogen (secondary N) is 2. The molecule has 0 aliphatic heterocycles. The van der Waals surface area contributed by atoms with E-state index < -0.39 is 0 Å². The SMILES string of the molecule is CCN[C@H](C)CNC(=O)Cc1coc2cc(C)c(C)cc12. The Morgan fingerprint density at radius 3 is 2.71 bits per heavy atom. The van der Waals surface area contributed by atoms with Crippen molar-refractivity contribution >= 4 is 16.9 Å². The molecule has 1 aromatic heterocycles. The highest BCUT2D eigenvalue weighted by molar-refractivity contribution is 5.88. The predicted octanol–water partition coefficient (Wildman–Crippen LogP) is 2.71. The third-order valence-electron chi connectivity index (χ3n) is 3.78. The second-order valence-corrected chi connectivity index (χ2v) is 5.63. The molecule has 0 saturated heterocycles. The second kappa shape index (κ2) is 6.76. The van der Waals surface area contributed by atoms with E-state index in [9.17, 15) is 4.79 Å². The Labute approximate surface area is 125 Å². The molecule has 0 bridgehead atoms. The van der Waals surface area contributed by atoms with Gasteiger partial charge >= 0.3 is 0 Å². The molecule has 4 nitrogen and oxygen atoms in total. The number of hydrogen-bond acceptors (Lipinski definition) is 3. The average molecular weight is 288 g/mol. The molecule has 2 aromatic rings. The zero-order chi connectivity index (χ0) is 15.4. The van der Waals surface area contributed by atoms with Crippen molar-refractivity contribution in [3.63, 3.8) is 0 Å². The van der Waals surface area contributed by atoms with Crippen molar-refractivity contribution < 1.29 is 9.21 Å². The van der Waals surface area contributed by atoms with Crippen molar-refractivity contribution in [2.45, 2.75) is 40.2 Å². The van der Waals surface area contributed by atoms with Gasteiger partial charge in [0.25, 0.3) is 0 Å². The van der Waals surface area contributed by atoms with Gasteiger partial charge in [0.15, 0.2) is 0 Å². The predicted molar refractivity (Wildman–Crippen MR) is 85.5 cm³/mol. The molecule has 0 radical (unpaired) electrons. The summed E-state index contributed by atoms with van der Waals surface area (Å²) in [5, 5.41) is 7.26. The summed E-state index contributed by atoms with van der Waals surface area (Å²) in [6.07, 6.45) is 2.05. The normalized spacial score (nSPS) is 12.6. The molecule has 2 N–H and O–H groups in total. The molecular formula is C17H24N2O2. The zero-order valence-corrected chi connectivity index (χ0v) is 13.2. The van der Waals surface area contributed by atoms with E-state index in [1.54, 1.807) is 6.26 Å². The topological polar surface area (TPSA) is 54.3 Å². The summed E-state index contributed by atoms with van der Waals surface area (Å²) >= 11 is 0. The number of carbonyl (C=O) groups excluding carboxylic acids is 1. The summed E-state index contributed by atoms with van der Waals surface area (Å²) in [6, 6.07) is 4.40. The molecule has 4 heteroatoms. The Morgan fingerprint density at radius 2 is 2.00 bits per heavy atom. The smallest absolute Gasteiger partial charge is 0.224 e. The van der Waals surface area contributed by atoms with Crippen molar-refractivity contribution in [3.05, 3.63) is 35.1 Å². The highest BCUT2D eigenvalue weighted by Crippen LogP contribution is 2.25. The molecule has 1 aromatic carbocycles. The van der Waals surface area contributed by atoms with Crippen LogP contribution in [0.1, 0.15) is 30.5 Å². The van der Waals surface area contributed by atoms with Gasteiger partial charge in [-0.25, -0.2) is 0 Å². The fourth-order valence-corrected chi connectivity index (χ4v) is 2.40. The lowest BCUT2D eigenvalue weighted by Gasteiger charge is -2.12. The van der Waals surface area contributed by atoms with Gasteiger partial charge in [-0.3, -0.25) is 4.79 Å². The second-order valence-electron chi connectivity index (χ2n) is 5.63. The zero-order valence-electron chi connectivity index (χ0n) is 13.2. The van der Waals surface area contributed by atoms with E-state index in [4.69, 9.17) is 4.42 Å². The maximum atomic E-state index is 12.0. The van der Waals surface area contributed by atoms with Crippen LogP contribution in [-0.2, 0) is 11.2 Å². The van der Waals surface area contributed by atoms with Crippen molar-refractivity contribution in [1.29, 1.82) is 0 Å². The molecule has 0 aliphatic rings. The van der Waals surface area contributed by atoms with Gasteiger partial charge in [-0.15, -0.1) is 0 Å². The molecule has 1 atom stereocenters. The number of fused-ring (bicyclic) bond motifs is 1. The number of likely N-dealkylation sites (N-methyl/N-ethyl adjacent to an activating group) is 1. The van der Waals surface area contributed by atoms with E-state index in [0.29, 0.717) is 13.0 Å². The van der Waals surface area contributed by atoms with Crippen LogP contribution in [0.25, 0.3) is 11.0 Å². The van der Waals surface area contributed by atoms with Crippen LogP contribution in [0.3, 0.4) is 0 Å². The van der Waals surface area contributed by atoms with Crippen molar-refractivity contribution in [2.75, 3.05) is 13.1 Å². The Balaban J connectivity index is 2.03. The Hall–Kier alpha value is -1.81. The first-order valence-corrected chi connectivity index (χ1v) is 7.48. The number of amides is 1. The maximum Gasteiger partial charge on any atom is 0.224 e. The van der Waals surface area contributed by atoms with E-state index in [1.807, 2.05) is 6.07 Å². The van der Waals surface area contributed by atoms with Crippen LogP contribution in [0.5, 0.6) is 0 Å². The monoisotopic (exact) mass is 288 g/mol.